The number of Topliss-reactive ketones (excluding diaryl/α,β-unsaturated/α-hetero) is 3. The molecule has 1 saturated carbocycles. The number of hydrogen-bond acceptors (Lipinski definition) is 8. The predicted molar refractivity (Wildman–Crippen MR) is 130 cm³/mol. The Morgan fingerprint density at radius 3 is 2.28 bits per heavy atom. The Bertz CT molecular complexity index is 1370. The number of fused-ring (bicyclic) bond motifs is 3. The molecule has 0 saturated heterocycles. The van der Waals surface area contributed by atoms with Gasteiger partial charge < -0.3 is 20.4 Å². The number of rotatable bonds is 3. The lowest BCUT2D eigenvalue weighted by Gasteiger charge is -2.51. The van der Waals surface area contributed by atoms with Crippen molar-refractivity contribution in [3.8, 4) is 5.75 Å². The number of aromatic hydroxyl groups is 1. The third kappa shape index (κ3) is 3.04. The van der Waals surface area contributed by atoms with Gasteiger partial charge in [0.2, 0.25) is 5.78 Å². The number of hydrogen-bond donors (Lipinski definition) is 4. The molecule has 0 amide bonds. The number of carbonyl (C=O) groups excluding carboxylic acids is 3. The first-order chi connectivity index (χ1) is 17.0. The third-order valence-corrected chi connectivity index (χ3v) is 7.87. The number of ketones is 3. The molecule has 0 spiro atoms. The van der Waals surface area contributed by atoms with Gasteiger partial charge in [0.1, 0.15) is 22.8 Å². The van der Waals surface area contributed by atoms with Gasteiger partial charge in [-0.05, 0) is 44.6 Å². The standard InChI is InChI=1S/C28H27NO7/c1-13(30)19-25(33)23(29(2)3)17-12-16-20(14-8-5-4-6-9-14)15-10-7-11-18(31)21(15)24(32)22(16)27(35)28(17,36)26(19)34/h4-11,16-17,20,23,31-32,34,36H,12H2,1-3H3/t16-,17+,20+,23+,28-/m1/s1. The molecule has 8 nitrogen and oxygen atoms in total. The number of likely N-dealkylation sites (N-methyl/N-ethyl adjacent to an activating group) is 1. The molecule has 0 bridgehead atoms. The molecule has 0 aromatic heterocycles. The average molecular weight is 490 g/mol. The lowest BCUT2D eigenvalue weighted by atomic mass is 9.54. The van der Waals surface area contributed by atoms with Crippen molar-refractivity contribution in [2.75, 3.05) is 14.1 Å². The summed E-state index contributed by atoms with van der Waals surface area (Å²) in [4.78, 5) is 41.3. The van der Waals surface area contributed by atoms with Crippen molar-refractivity contribution >= 4 is 23.1 Å². The zero-order chi connectivity index (χ0) is 26.1. The smallest absolute Gasteiger partial charge is 0.202 e. The van der Waals surface area contributed by atoms with Crippen molar-refractivity contribution < 1.29 is 34.8 Å². The highest BCUT2D eigenvalue weighted by molar-refractivity contribution is 6.25. The van der Waals surface area contributed by atoms with E-state index in [0.29, 0.717) is 5.56 Å². The van der Waals surface area contributed by atoms with Gasteiger partial charge in [-0.3, -0.25) is 19.3 Å². The zero-order valence-corrected chi connectivity index (χ0v) is 20.1. The second kappa shape index (κ2) is 8.15. The van der Waals surface area contributed by atoms with Crippen molar-refractivity contribution in [3.63, 3.8) is 0 Å². The van der Waals surface area contributed by atoms with Crippen molar-refractivity contribution in [1.82, 2.24) is 4.90 Å². The summed E-state index contributed by atoms with van der Waals surface area (Å²) < 4.78 is 0. The van der Waals surface area contributed by atoms with E-state index >= 15 is 0 Å². The minimum absolute atomic E-state index is 0.0557. The Kier molecular flexibility index (Phi) is 5.42. The molecule has 3 aliphatic rings. The van der Waals surface area contributed by atoms with Gasteiger partial charge in [-0.2, -0.15) is 0 Å². The normalized spacial score (nSPS) is 29.7. The van der Waals surface area contributed by atoms with Gasteiger partial charge in [-0.25, -0.2) is 0 Å². The Labute approximate surface area is 207 Å². The molecular weight excluding hydrogens is 462 g/mol. The lowest BCUT2D eigenvalue weighted by Crippen LogP contribution is -2.65. The van der Waals surface area contributed by atoms with Gasteiger partial charge in [-0.15, -0.1) is 0 Å². The summed E-state index contributed by atoms with van der Waals surface area (Å²) in [6.07, 6.45) is 0.0557. The van der Waals surface area contributed by atoms with E-state index in [1.165, 1.54) is 11.0 Å². The fourth-order valence-corrected chi connectivity index (χ4v) is 6.40. The van der Waals surface area contributed by atoms with Crippen LogP contribution in [0.5, 0.6) is 5.75 Å². The van der Waals surface area contributed by atoms with Crippen molar-refractivity contribution in [2.45, 2.75) is 30.9 Å². The number of aliphatic hydroxyl groups excluding tert-OH is 2. The van der Waals surface area contributed by atoms with E-state index in [1.54, 1.807) is 26.2 Å². The van der Waals surface area contributed by atoms with Crippen LogP contribution in [-0.4, -0.2) is 68.4 Å². The topological polar surface area (TPSA) is 135 Å². The summed E-state index contributed by atoms with van der Waals surface area (Å²) in [5.74, 6) is -6.32. The molecule has 36 heavy (non-hydrogen) atoms. The number of phenols is 1. The predicted octanol–water partition coefficient (Wildman–Crippen LogP) is 2.66. The first kappa shape index (κ1) is 24.0. The molecule has 0 radical (unpaired) electrons. The van der Waals surface area contributed by atoms with Crippen LogP contribution < -0.4 is 0 Å². The second-order valence-corrected chi connectivity index (χ2v) is 9.99. The van der Waals surface area contributed by atoms with E-state index in [-0.39, 0.29) is 23.3 Å². The zero-order valence-electron chi connectivity index (χ0n) is 20.1. The molecule has 5 atom stereocenters. The van der Waals surface area contributed by atoms with Crippen molar-refractivity contribution in [2.24, 2.45) is 11.8 Å². The van der Waals surface area contributed by atoms with Crippen LogP contribution in [0.1, 0.15) is 36.0 Å². The van der Waals surface area contributed by atoms with Crippen LogP contribution >= 0.6 is 0 Å². The van der Waals surface area contributed by atoms with Crippen LogP contribution in [0.15, 0.2) is 65.4 Å². The van der Waals surface area contributed by atoms with Crippen LogP contribution in [-0.2, 0) is 14.4 Å². The SMILES string of the molecule is CC(=O)C1=C(O)[C@@]2(O)C(=O)C3=C(O)c4c(O)cccc4[C@H](c4ccccc4)[C@H]3C[C@H]2[C@H](N(C)C)C1=O. The summed E-state index contributed by atoms with van der Waals surface area (Å²) in [7, 11) is 3.22. The van der Waals surface area contributed by atoms with Gasteiger partial charge in [0.15, 0.2) is 17.2 Å². The number of phenolic OH excluding ortho intramolecular Hbond substituents is 1. The van der Waals surface area contributed by atoms with E-state index in [9.17, 15) is 34.8 Å². The molecule has 1 fully saturated rings. The Balaban J connectivity index is 1.82. The molecule has 5 rings (SSSR count). The highest BCUT2D eigenvalue weighted by Crippen LogP contribution is 2.57. The number of carbonyl (C=O) groups is 3. The highest BCUT2D eigenvalue weighted by Gasteiger charge is 2.65. The maximum absolute atomic E-state index is 14.1. The van der Waals surface area contributed by atoms with E-state index in [2.05, 4.69) is 0 Å². The molecule has 0 heterocycles. The summed E-state index contributed by atoms with van der Waals surface area (Å²) >= 11 is 0. The van der Waals surface area contributed by atoms with Crippen molar-refractivity contribution in [1.29, 1.82) is 0 Å². The van der Waals surface area contributed by atoms with E-state index < -0.39 is 63.8 Å². The fourth-order valence-electron chi connectivity index (χ4n) is 6.40. The summed E-state index contributed by atoms with van der Waals surface area (Å²) in [6, 6.07) is 13.1. The van der Waals surface area contributed by atoms with Crippen LogP contribution in [0.3, 0.4) is 0 Å². The molecule has 2 aromatic carbocycles. The second-order valence-electron chi connectivity index (χ2n) is 9.99. The summed E-state index contributed by atoms with van der Waals surface area (Å²) in [6.45, 7) is 1.09. The Morgan fingerprint density at radius 1 is 1.00 bits per heavy atom. The number of benzene rings is 2. The molecule has 3 aliphatic carbocycles. The van der Waals surface area contributed by atoms with Gasteiger partial charge in [0, 0.05) is 23.3 Å². The molecule has 8 heteroatoms. The lowest BCUT2D eigenvalue weighted by molar-refractivity contribution is -0.154. The van der Waals surface area contributed by atoms with E-state index in [1.807, 2.05) is 30.3 Å². The quantitative estimate of drug-likeness (QED) is 0.484. The van der Waals surface area contributed by atoms with Crippen LogP contribution in [0.25, 0.3) is 5.76 Å². The van der Waals surface area contributed by atoms with Crippen LogP contribution in [0.4, 0.5) is 0 Å². The maximum Gasteiger partial charge on any atom is 0.202 e. The molecule has 2 aromatic rings. The van der Waals surface area contributed by atoms with Gasteiger partial charge >= 0.3 is 0 Å². The molecule has 186 valence electrons. The Hall–Kier alpha value is -3.75. The average Bonchev–Trinajstić information content (AvgIpc) is 2.81. The van der Waals surface area contributed by atoms with Gasteiger partial charge in [-0.1, -0.05) is 42.5 Å². The highest BCUT2D eigenvalue weighted by atomic mass is 16.3. The van der Waals surface area contributed by atoms with Crippen LogP contribution in [0, 0.1) is 11.8 Å². The number of nitrogens with zero attached hydrogens (tertiary/aromatic N) is 1. The first-order valence-corrected chi connectivity index (χ1v) is 11.7. The maximum atomic E-state index is 14.1. The third-order valence-electron chi connectivity index (χ3n) is 7.87. The fraction of sp³-hybridized carbons (Fsp3) is 0.321. The van der Waals surface area contributed by atoms with Crippen LogP contribution in [0.2, 0.25) is 0 Å². The monoisotopic (exact) mass is 489 g/mol. The van der Waals surface area contributed by atoms with Gasteiger partial charge in [0.05, 0.1) is 11.6 Å². The van der Waals surface area contributed by atoms with E-state index in [4.69, 9.17) is 0 Å². The minimum Gasteiger partial charge on any atom is -0.508 e. The summed E-state index contributed by atoms with van der Waals surface area (Å²) in [5, 5.41) is 44.8. The summed E-state index contributed by atoms with van der Waals surface area (Å²) in [5.41, 5.74) is -1.83. The largest absolute Gasteiger partial charge is 0.508 e. The molecular formula is C28H27NO7. The molecule has 0 unspecified atom stereocenters. The number of aliphatic hydroxyl groups is 3. The minimum atomic E-state index is -2.59. The van der Waals surface area contributed by atoms with E-state index in [0.717, 1.165) is 12.5 Å². The molecule has 0 aliphatic heterocycles. The first-order valence-electron chi connectivity index (χ1n) is 11.7. The Morgan fingerprint density at radius 2 is 1.67 bits per heavy atom. The van der Waals surface area contributed by atoms with Gasteiger partial charge in [0.25, 0.3) is 0 Å². The molecule has 4 N–H and O–H groups in total. The van der Waals surface area contributed by atoms with Crippen molar-refractivity contribution in [3.05, 3.63) is 82.1 Å².